The normalized spacial score (nSPS) is 11.2. The Hall–Kier alpha value is -1.12. The third-order valence-electron chi connectivity index (χ3n) is 1.62. The molecule has 3 heteroatoms. The molecule has 0 aromatic rings. The highest BCUT2D eigenvalue weighted by Crippen LogP contribution is 2.02. The van der Waals surface area contributed by atoms with Crippen LogP contribution in [-0.4, -0.2) is 23.6 Å². The number of hydrogen-bond donors (Lipinski definition) is 0. The van der Waals surface area contributed by atoms with Crippen LogP contribution in [0, 0.1) is 0 Å². The summed E-state index contributed by atoms with van der Waals surface area (Å²) in [7, 11) is 1.67. The van der Waals surface area contributed by atoms with E-state index in [1.807, 2.05) is 0 Å². The van der Waals surface area contributed by atoms with Crippen molar-refractivity contribution >= 4 is 11.7 Å². The number of hydrogen-bond acceptors (Lipinski definition) is 2. The van der Waals surface area contributed by atoms with E-state index in [0.29, 0.717) is 12.1 Å². The molecule has 0 aliphatic carbocycles. The van der Waals surface area contributed by atoms with Gasteiger partial charge in [0.2, 0.25) is 5.91 Å². The summed E-state index contributed by atoms with van der Waals surface area (Å²) < 4.78 is 0. The van der Waals surface area contributed by atoms with Crippen LogP contribution < -0.4 is 0 Å². The number of carbonyl (C=O) groups excluding carboxylic acids is 2. The van der Waals surface area contributed by atoms with E-state index >= 15 is 0 Å². The highest BCUT2D eigenvalue weighted by atomic mass is 16.2. The number of nitrogens with zero attached hydrogens (tertiary/aromatic N) is 1. The number of carbonyl (C=O) groups is 2. The van der Waals surface area contributed by atoms with Gasteiger partial charge in [0.25, 0.3) is 0 Å². The molecule has 0 spiro atoms. The quantitative estimate of drug-likeness (QED) is 0.598. The zero-order valence-electron chi connectivity index (χ0n) is 8.05. The Bertz CT molecular complexity index is 219. The van der Waals surface area contributed by atoms with Crippen molar-refractivity contribution in [1.29, 1.82) is 0 Å². The van der Waals surface area contributed by atoms with Gasteiger partial charge in [0.1, 0.15) is 0 Å². The van der Waals surface area contributed by atoms with Crippen molar-refractivity contribution in [1.82, 2.24) is 4.90 Å². The maximum Gasteiger partial charge on any atom is 0.226 e. The Labute approximate surface area is 73.1 Å². The summed E-state index contributed by atoms with van der Waals surface area (Å²) in [6.45, 7) is 5.00. The summed E-state index contributed by atoms with van der Waals surface area (Å²) in [5.41, 5.74) is 0.689. The molecule has 0 bridgehead atoms. The molecule has 0 aliphatic heterocycles. The molecule has 0 unspecified atom stereocenters. The van der Waals surface area contributed by atoms with E-state index in [9.17, 15) is 9.59 Å². The van der Waals surface area contributed by atoms with Crippen LogP contribution in [0.15, 0.2) is 11.8 Å². The Morgan fingerprint density at radius 2 is 1.83 bits per heavy atom. The van der Waals surface area contributed by atoms with Gasteiger partial charge in [-0.05, 0) is 13.8 Å². The standard InChI is InChI=1S/C9H15NO2/c1-5-9(12)10(4)7(2)6-8(3)11/h6H,5H2,1-4H3/b7-6-. The molecule has 0 saturated carbocycles. The fraction of sp³-hybridized carbons (Fsp3) is 0.556. The Balaban J connectivity index is 4.38. The molecule has 0 heterocycles. The first-order chi connectivity index (χ1) is 5.49. The highest BCUT2D eigenvalue weighted by molar-refractivity contribution is 5.89. The zero-order chi connectivity index (χ0) is 9.72. The lowest BCUT2D eigenvalue weighted by Crippen LogP contribution is -2.24. The molecule has 0 aliphatic rings. The lowest BCUT2D eigenvalue weighted by atomic mass is 10.3. The van der Waals surface area contributed by atoms with Crippen molar-refractivity contribution in [3.8, 4) is 0 Å². The van der Waals surface area contributed by atoms with Crippen LogP contribution >= 0.6 is 0 Å². The summed E-state index contributed by atoms with van der Waals surface area (Å²) in [4.78, 5) is 23.3. The second kappa shape index (κ2) is 4.70. The third kappa shape index (κ3) is 3.32. The second-order valence-corrected chi connectivity index (χ2v) is 2.70. The molecule has 3 nitrogen and oxygen atoms in total. The van der Waals surface area contributed by atoms with E-state index < -0.39 is 0 Å². The molecule has 0 atom stereocenters. The summed E-state index contributed by atoms with van der Waals surface area (Å²) in [5, 5.41) is 0. The predicted molar refractivity (Wildman–Crippen MR) is 47.5 cm³/mol. The highest BCUT2D eigenvalue weighted by Gasteiger charge is 2.07. The Kier molecular flexibility index (Phi) is 4.26. The molecular weight excluding hydrogens is 154 g/mol. The number of allylic oxidation sites excluding steroid dienone is 2. The molecule has 68 valence electrons. The predicted octanol–water partition coefficient (Wildman–Crippen LogP) is 1.35. The van der Waals surface area contributed by atoms with Gasteiger partial charge in [0.15, 0.2) is 5.78 Å². The molecule has 12 heavy (non-hydrogen) atoms. The van der Waals surface area contributed by atoms with Crippen LogP contribution in [0.2, 0.25) is 0 Å². The van der Waals surface area contributed by atoms with Gasteiger partial charge in [-0.1, -0.05) is 6.92 Å². The maximum atomic E-state index is 11.1. The molecule has 1 amide bonds. The maximum absolute atomic E-state index is 11.1. The summed E-state index contributed by atoms with van der Waals surface area (Å²) in [5.74, 6) is -0.0201. The van der Waals surface area contributed by atoms with Gasteiger partial charge in [0, 0.05) is 25.2 Å². The van der Waals surface area contributed by atoms with Gasteiger partial charge in [-0.25, -0.2) is 0 Å². The van der Waals surface area contributed by atoms with Crippen molar-refractivity contribution in [2.24, 2.45) is 0 Å². The van der Waals surface area contributed by atoms with Gasteiger partial charge in [0.05, 0.1) is 0 Å². The lowest BCUT2D eigenvalue weighted by Gasteiger charge is -2.16. The topological polar surface area (TPSA) is 37.4 Å². The van der Waals surface area contributed by atoms with Crippen LogP contribution in [0.5, 0.6) is 0 Å². The van der Waals surface area contributed by atoms with Crippen LogP contribution in [0.3, 0.4) is 0 Å². The van der Waals surface area contributed by atoms with Gasteiger partial charge in [-0.3, -0.25) is 9.59 Å². The van der Waals surface area contributed by atoms with Crippen LogP contribution in [0.4, 0.5) is 0 Å². The van der Waals surface area contributed by atoms with E-state index in [2.05, 4.69) is 0 Å². The van der Waals surface area contributed by atoms with Crippen molar-refractivity contribution < 1.29 is 9.59 Å². The minimum Gasteiger partial charge on any atom is -0.319 e. The Morgan fingerprint density at radius 3 is 2.17 bits per heavy atom. The van der Waals surface area contributed by atoms with E-state index in [1.54, 1.807) is 20.9 Å². The van der Waals surface area contributed by atoms with Crippen LogP contribution in [-0.2, 0) is 9.59 Å². The number of ketones is 1. The first-order valence-corrected chi connectivity index (χ1v) is 3.94. The van der Waals surface area contributed by atoms with E-state index in [4.69, 9.17) is 0 Å². The van der Waals surface area contributed by atoms with Gasteiger partial charge >= 0.3 is 0 Å². The smallest absolute Gasteiger partial charge is 0.226 e. The van der Waals surface area contributed by atoms with E-state index in [-0.39, 0.29) is 11.7 Å². The lowest BCUT2D eigenvalue weighted by molar-refractivity contribution is -0.127. The van der Waals surface area contributed by atoms with Crippen molar-refractivity contribution in [2.45, 2.75) is 27.2 Å². The van der Waals surface area contributed by atoms with Crippen LogP contribution in [0.1, 0.15) is 27.2 Å². The monoisotopic (exact) mass is 169 g/mol. The average Bonchev–Trinajstić information content (AvgIpc) is 2.00. The minimum atomic E-state index is -0.0387. The van der Waals surface area contributed by atoms with Gasteiger partial charge < -0.3 is 4.90 Å². The van der Waals surface area contributed by atoms with Crippen LogP contribution in [0.25, 0.3) is 0 Å². The van der Waals surface area contributed by atoms with Gasteiger partial charge in [-0.15, -0.1) is 0 Å². The summed E-state index contributed by atoms with van der Waals surface area (Å²) >= 11 is 0. The SMILES string of the molecule is CCC(=O)N(C)/C(C)=C\C(C)=O. The fourth-order valence-electron chi connectivity index (χ4n) is 0.825. The Morgan fingerprint density at radius 1 is 1.33 bits per heavy atom. The molecule has 0 aromatic heterocycles. The molecular formula is C9H15NO2. The molecule has 0 saturated heterocycles. The average molecular weight is 169 g/mol. The molecule has 0 rings (SSSR count). The number of rotatable bonds is 3. The minimum absolute atomic E-state index is 0.0185. The third-order valence-corrected chi connectivity index (χ3v) is 1.62. The second-order valence-electron chi connectivity index (χ2n) is 2.70. The van der Waals surface area contributed by atoms with E-state index in [0.717, 1.165) is 0 Å². The van der Waals surface area contributed by atoms with Crippen molar-refractivity contribution in [3.05, 3.63) is 11.8 Å². The number of amides is 1. The molecule has 0 aromatic carbocycles. The fourth-order valence-corrected chi connectivity index (χ4v) is 0.825. The van der Waals surface area contributed by atoms with E-state index in [1.165, 1.54) is 17.9 Å². The first kappa shape index (κ1) is 10.9. The van der Waals surface area contributed by atoms with Crippen molar-refractivity contribution in [2.75, 3.05) is 7.05 Å². The van der Waals surface area contributed by atoms with Gasteiger partial charge in [-0.2, -0.15) is 0 Å². The molecule has 0 N–H and O–H groups in total. The first-order valence-electron chi connectivity index (χ1n) is 3.94. The molecule has 0 fully saturated rings. The molecule has 0 radical (unpaired) electrons. The largest absolute Gasteiger partial charge is 0.319 e. The summed E-state index contributed by atoms with van der Waals surface area (Å²) in [6, 6.07) is 0. The summed E-state index contributed by atoms with van der Waals surface area (Å²) in [6.07, 6.45) is 1.91. The van der Waals surface area contributed by atoms with Crippen molar-refractivity contribution in [3.63, 3.8) is 0 Å². The zero-order valence-corrected chi connectivity index (χ0v) is 8.05.